The highest BCUT2D eigenvalue weighted by Crippen LogP contribution is 2.35. The molecule has 5 heteroatoms. The van der Waals surface area contributed by atoms with E-state index in [2.05, 4.69) is 35.6 Å². The Bertz CT molecular complexity index is 509. The van der Waals surface area contributed by atoms with Crippen LogP contribution in [0.5, 0.6) is 0 Å². The molecule has 2 aliphatic rings. The first-order valence-electron chi connectivity index (χ1n) is 8.87. The summed E-state index contributed by atoms with van der Waals surface area (Å²) in [5.74, 6) is 1.27. The van der Waals surface area contributed by atoms with Crippen molar-refractivity contribution in [1.82, 2.24) is 5.32 Å². The van der Waals surface area contributed by atoms with Gasteiger partial charge in [0.2, 0.25) is 5.91 Å². The highest BCUT2D eigenvalue weighted by molar-refractivity contribution is 5.86. The molecule has 1 aromatic carbocycles. The van der Waals surface area contributed by atoms with Gasteiger partial charge in [0.25, 0.3) is 0 Å². The lowest BCUT2D eigenvalue weighted by molar-refractivity contribution is -0.130. The van der Waals surface area contributed by atoms with Crippen LogP contribution < -0.4 is 11.1 Å². The fourth-order valence-electron chi connectivity index (χ4n) is 3.80. The highest BCUT2D eigenvalue weighted by Gasteiger charge is 2.36. The maximum atomic E-state index is 12.4. The van der Waals surface area contributed by atoms with Crippen molar-refractivity contribution in [3.05, 3.63) is 35.9 Å². The lowest BCUT2D eigenvalue weighted by Gasteiger charge is -2.33. The Hall–Kier alpha value is -1.10. The van der Waals surface area contributed by atoms with Crippen LogP contribution in [0.2, 0.25) is 0 Å². The molecule has 24 heavy (non-hydrogen) atoms. The van der Waals surface area contributed by atoms with Gasteiger partial charge in [-0.3, -0.25) is 4.79 Å². The van der Waals surface area contributed by atoms with Crippen LogP contribution in [-0.4, -0.2) is 31.2 Å². The molecule has 0 aromatic heterocycles. The maximum Gasteiger partial charge on any atom is 0.240 e. The van der Waals surface area contributed by atoms with Crippen molar-refractivity contribution in [2.45, 2.75) is 50.0 Å². The normalized spacial score (nSPS) is 26.2. The topological polar surface area (TPSA) is 64.4 Å². The molecule has 1 aromatic rings. The Balaban J connectivity index is 0.00000208. The van der Waals surface area contributed by atoms with Crippen molar-refractivity contribution in [2.75, 3.05) is 19.8 Å². The van der Waals surface area contributed by atoms with Crippen molar-refractivity contribution in [2.24, 2.45) is 11.7 Å². The standard InChI is InChI=1S/C19H28N2O2.ClH/c20-19(10-12-23-13-11-19)18(22)21-14-15-6-8-17(9-7-15)16-4-2-1-3-5-16;/h1-5,15,17H,6-14,20H2,(H,21,22);1H. The fraction of sp³-hybridized carbons (Fsp3) is 0.632. The lowest BCUT2D eigenvalue weighted by Crippen LogP contribution is -2.57. The second-order valence-corrected chi connectivity index (χ2v) is 7.11. The summed E-state index contributed by atoms with van der Waals surface area (Å²) < 4.78 is 5.30. The van der Waals surface area contributed by atoms with E-state index in [0.29, 0.717) is 37.9 Å². The van der Waals surface area contributed by atoms with Gasteiger partial charge in [0.15, 0.2) is 0 Å². The van der Waals surface area contributed by atoms with Gasteiger partial charge in [-0.15, -0.1) is 12.4 Å². The molecule has 1 aliphatic carbocycles. The summed E-state index contributed by atoms with van der Waals surface area (Å²) in [4.78, 5) is 12.4. The van der Waals surface area contributed by atoms with E-state index in [0.717, 1.165) is 6.54 Å². The number of nitrogens with one attached hydrogen (secondary N) is 1. The lowest BCUT2D eigenvalue weighted by atomic mass is 9.78. The number of carbonyl (C=O) groups excluding carboxylic acids is 1. The van der Waals surface area contributed by atoms with E-state index in [1.807, 2.05) is 0 Å². The predicted molar refractivity (Wildman–Crippen MR) is 98.4 cm³/mol. The Kier molecular flexibility index (Phi) is 7.08. The van der Waals surface area contributed by atoms with Crippen LogP contribution in [-0.2, 0) is 9.53 Å². The molecular weight excluding hydrogens is 324 g/mol. The van der Waals surface area contributed by atoms with E-state index in [9.17, 15) is 4.79 Å². The van der Waals surface area contributed by atoms with Gasteiger partial charge in [-0.05, 0) is 55.9 Å². The third-order valence-electron chi connectivity index (χ3n) is 5.51. The summed E-state index contributed by atoms with van der Waals surface area (Å²) in [5.41, 5.74) is 6.96. The minimum atomic E-state index is -0.723. The quantitative estimate of drug-likeness (QED) is 0.875. The molecule has 0 spiro atoms. The molecular formula is C19H29ClN2O2. The molecule has 4 nitrogen and oxygen atoms in total. The summed E-state index contributed by atoms with van der Waals surface area (Å²) in [5, 5.41) is 3.10. The molecule has 134 valence electrons. The van der Waals surface area contributed by atoms with Gasteiger partial charge in [0, 0.05) is 19.8 Å². The molecule has 3 N–H and O–H groups in total. The SMILES string of the molecule is Cl.NC1(C(=O)NCC2CCC(c3ccccc3)CC2)CCOCC1. The van der Waals surface area contributed by atoms with Crippen LogP contribution in [0.25, 0.3) is 0 Å². The number of nitrogens with two attached hydrogens (primary N) is 1. The molecule has 1 saturated heterocycles. The van der Waals surface area contributed by atoms with Crippen LogP contribution in [0.1, 0.15) is 50.0 Å². The van der Waals surface area contributed by atoms with Crippen LogP contribution in [0.3, 0.4) is 0 Å². The number of halogens is 1. The third-order valence-corrected chi connectivity index (χ3v) is 5.51. The van der Waals surface area contributed by atoms with E-state index >= 15 is 0 Å². The zero-order chi connectivity index (χ0) is 16.1. The minimum absolute atomic E-state index is 0. The number of hydrogen-bond donors (Lipinski definition) is 2. The number of rotatable bonds is 4. The second kappa shape index (κ2) is 8.84. The minimum Gasteiger partial charge on any atom is -0.381 e. The van der Waals surface area contributed by atoms with Gasteiger partial charge in [0.1, 0.15) is 0 Å². The third kappa shape index (κ3) is 4.71. The summed E-state index contributed by atoms with van der Waals surface area (Å²) in [7, 11) is 0. The zero-order valence-corrected chi connectivity index (χ0v) is 15.0. The Morgan fingerprint density at radius 2 is 1.75 bits per heavy atom. The van der Waals surface area contributed by atoms with E-state index < -0.39 is 5.54 Å². The van der Waals surface area contributed by atoms with E-state index in [1.165, 1.54) is 31.2 Å². The summed E-state index contributed by atoms with van der Waals surface area (Å²) >= 11 is 0. The molecule has 1 aliphatic heterocycles. The maximum absolute atomic E-state index is 12.4. The Labute approximate surface area is 150 Å². The van der Waals surface area contributed by atoms with Crippen LogP contribution in [0, 0.1) is 5.92 Å². The number of amides is 1. The fourth-order valence-corrected chi connectivity index (χ4v) is 3.80. The van der Waals surface area contributed by atoms with Crippen molar-refractivity contribution >= 4 is 18.3 Å². The van der Waals surface area contributed by atoms with Gasteiger partial charge < -0.3 is 15.8 Å². The number of benzene rings is 1. The highest BCUT2D eigenvalue weighted by atomic mass is 35.5. The van der Waals surface area contributed by atoms with Gasteiger partial charge in [-0.2, -0.15) is 0 Å². The first-order valence-corrected chi connectivity index (χ1v) is 8.87. The first-order chi connectivity index (χ1) is 11.2. The summed E-state index contributed by atoms with van der Waals surface area (Å²) in [6, 6.07) is 10.8. The van der Waals surface area contributed by atoms with Gasteiger partial charge >= 0.3 is 0 Å². The number of hydrogen-bond acceptors (Lipinski definition) is 3. The van der Waals surface area contributed by atoms with Gasteiger partial charge in [0.05, 0.1) is 5.54 Å². The Morgan fingerprint density at radius 1 is 1.12 bits per heavy atom. The average molecular weight is 353 g/mol. The predicted octanol–water partition coefficient (Wildman–Crippen LogP) is 3.01. The van der Waals surface area contributed by atoms with Crippen LogP contribution in [0.15, 0.2) is 30.3 Å². The van der Waals surface area contributed by atoms with Crippen molar-refractivity contribution in [3.63, 3.8) is 0 Å². The molecule has 0 unspecified atom stereocenters. The molecule has 0 radical (unpaired) electrons. The summed E-state index contributed by atoms with van der Waals surface area (Å²) in [6.45, 7) is 1.94. The van der Waals surface area contributed by atoms with E-state index in [4.69, 9.17) is 10.5 Å². The monoisotopic (exact) mass is 352 g/mol. The molecule has 1 saturated carbocycles. The largest absolute Gasteiger partial charge is 0.381 e. The van der Waals surface area contributed by atoms with Crippen molar-refractivity contribution in [1.29, 1.82) is 0 Å². The summed E-state index contributed by atoms with van der Waals surface area (Å²) in [6.07, 6.45) is 6.04. The van der Waals surface area contributed by atoms with E-state index in [1.54, 1.807) is 0 Å². The molecule has 3 rings (SSSR count). The molecule has 0 bridgehead atoms. The molecule has 1 amide bonds. The van der Waals surface area contributed by atoms with Crippen molar-refractivity contribution in [3.8, 4) is 0 Å². The number of carbonyl (C=O) groups is 1. The smallest absolute Gasteiger partial charge is 0.240 e. The van der Waals surface area contributed by atoms with Crippen LogP contribution >= 0.6 is 12.4 Å². The van der Waals surface area contributed by atoms with Crippen LogP contribution in [0.4, 0.5) is 0 Å². The van der Waals surface area contributed by atoms with E-state index in [-0.39, 0.29) is 18.3 Å². The zero-order valence-electron chi connectivity index (χ0n) is 14.2. The molecule has 1 heterocycles. The number of ether oxygens (including phenoxy) is 1. The molecule has 0 atom stereocenters. The van der Waals surface area contributed by atoms with Gasteiger partial charge in [-0.25, -0.2) is 0 Å². The Morgan fingerprint density at radius 3 is 2.38 bits per heavy atom. The molecule has 2 fully saturated rings. The average Bonchev–Trinajstić information content (AvgIpc) is 2.61. The van der Waals surface area contributed by atoms with Crippen molar-refractivity contribution < 1.29 is 9.53 Å². The second-order valence-electron chi connectivity index (χ2n) is 7.11. The first kappa shape index (κ1) is 19.2. The van der Waals surface area contributed by atoms with Gasteiger partial charge in [-0.1, -0.05) is 30.3 Å².